The Morgan fingerprint density at radius 2 is 2.10 bits per heavy atom. The predicted octanol–water partition coefficient (Wildman–Crippen LogP) is 0.0970. The molecule has 1 amide bonds. The first-order valence-electron chi connectivity index (χ1n) is 6.52. The van der Waals surface area contributed by atoms with Crippen LogP contribution >= 0.6 is 0 Å². The van der Waals surface area contributed by atoms with Crippen LogP contribution in [0.15, 0.2) is 29.2 Å². The summed E-state index contributed by atoms with van der Waals surface area (Å²) in [6, 6.07) is 5.85. The highest BCUT2D eigenvalue weighted by Gasteiger charge is 2.24. The molecular weight excluding hydrogens is 280 g/mol. The molecule has 3 N–H and O–H groups in total. The van der Waals surface area contributed by atoms with Crippen LogP contribution in [0.2, 0.25) is 0 Å². The number of carbonyl (C=O) groups is 1. The van der Waals surface area contributed by atoms with Crippen molar-refractivity contribution in [1.82, 2.24) is 10.0 Å². The zero-order valence-electron chi connectivity index (χ0n) is 11.0. The fourth-order valence-electron chi connectivity index (χ4n) is 1.71. The molecule has 0 saturated heterocycles. The third kappa shape index (κ3) is 4.03. The van der Waals surface area contributed by atoms with Crippen LogP contribution in [0.25, 0.3) is 0 Å². The molecule has 0 radical (unpaired) electrons. The van der Waals surface area contributed by atoms with Crippen molar-refractivity contribution in [3.05, 3.63) is 29.8 Å². The number of hydrogen-bond donors (Lipinski definition) is 3. The summed E-state index contributed by atoms with van der Waals surface area (Å²) in [5.41, 5.74) is 0.257. The maximum Gasteiger partial charge on any atom is 0.251 e. The molecule has 6 nitrogen and oxygen atoms in total. The SMILES string of the molecule is O=C(NCCO)c1cccc(S(=O)(=O)NCC2CC2)c1. The number of hydrogen-bond acceptors (Lipinski definition) is 4. The van der Waals surface area contributed by atoms with Crippen molar-refractivity contribution >= 4 is 15.9 Å². The third-order valence-electron chi connectivity index (χ3n) is 3.06. The lowest BCUT2D eigenvalue weighted by atomic mass is 10.2. The van der Waals surface area contributed by atoms with E-state index in [-0.39, 0.29) is 23.6 Å². The summed E-state index contributed by atoms with van der Waals surface area (Å²) in [5.74, 6) is 0.0408. The van der Waals surface area contributed by atoms with Crippen LogP contribution in [-0.4, -0.2) is 39.1 Å². The third-order valence-corrected chi connectivity index (χ3v) is 4.48. The molecule has 0 heterocycles. The molecule has 7 heteroatoms. The number of aliphatic hydroxyl groups excluding tert-OH is 1. The monoisotopic (exact) mass is 298 g/mol. The second kappa shape index (κ2) is 6.34. The minimum absolute atomic E-state index is 0.0785. The van der Waals surface area contributed by atoms with Crippen LogP contribution in [-0.2, 0) is 10.0 Å². The van der Waals surface area contributed by atoms with Crippen LogP contribution in [0.4, 0.5) is 0 Å². The molecule has 20 heavy (non-hydrogen) atoms. The molecule has 1 aliphatic carbocycles. The maximum absolute atomic E-state index is 12.1. The molecule has 1 aromatic rings. The summed E-state index contributed by atoms with van der Waals surface area (Å²) < 4.78 is 26.7. The molecule has 0 unspecified atom stereocenters. The van der Waals surface area contributed by atoms with Crippen molar-refractivity contribution in [2.45, 2.75) is 17.7 Å². The molecule has 0 bridgehead atoms. The first-order chi connectivity index (χ1) is 9.53. The Labute approximate surface area is 118 Å². The fraction of sp³-hybridized carbons (Fsp3) is 0.462. The highest BCUT2D eigenvalue weighted by atomic mass is 32.2. The number of amides is 1. The van der Waals surface area contributed by atoms with Crippen LogP contribution < -0.4 is 10.0 Å². The minimum atomic E-state index is -3.57. The van der Waals surface area contributed by atoms with Crippen molar-refractivity contribution in [3.63, 3.8) is 0 Å². The largest absolute Gasteiger partial charge is 0.395 e. The van der Waals surface area contributed by atoms with E-state index in [1.165, 1.54) is 24.3 Å². The molecule has 0 aromatic heterocycles. The number of rotatable bonds is 7. The molecule has 0 aliphatic heterocycles. The predicted molar refractivity (Wildman–Crippen MR) is 73.8 cm³/mol. The van der Waals surface area contributed by atoms with Gasteiger partial charge in [-0.15, -0.1) is 0 Å². The Hall–Kier alpha value is -1.44. The van der Waals surface area contributed by atoms with E-state index < -0.39 is 15.9 Å². The average Bonchev–Trinajstić information content (AvgIpc) is 3.27. The van der Waals surface area contributed by atoms with Gasteiger partial charge in [-0.05, 0) is 37.0 Å². The summed E-state index contributed by atoms with van der Waals surface area (Å²) in [6.45, 7) is 0.422. The van der Waals surface area contributed by atoms with Crippen molar-refractivity contribution < 1.29 is 18.3 Å². The highest BCUT2D eigenvalue weighted by Crippen LogP contribution is 2.28. The molecule has 0 atom stereocenters. The lowest BCUT2D eigenvalue weighted by Crippen LogP contribution is -2.28. The standard InChI is InChI=1S/C13H18N2O4S/c16-7-6-14-13(17)11-2-1-3-12(8-11)20(18,19)15-9-10-4-5-10/h1-3,8,10,15-16H,4-7,9H2,(H,14,17). The molecule has 1 aromatic carbocycles. The van der Waals surface area contributed by atoms with Gasteiger partial charge in [-0.3, -0.25) is 4.79 Å². The number of benzene rings is 1. The highest BCUT2D eigenvalue weighted by molar-refractivity contribution is 7.89. The second-order valence-corrected chi connectivity index (χ2v) is 6.57. The Bertz CT molecular complexity index is 582. The summed E-state index contributed by atoms with van der Waals surface area (Å²) >= 11 is 0. The van der Waals surface area contributed by atoms with Gasteiger partial charge in [0.1, 0.15) is 0 Å². The number of nitrogens with one attached hydrogen (secondary N) is 2. The quantitative estimate of drug-likeness (QED) is 0.665. The van der Waals surface area contributed by atoms with Gasteiger partial charge in [0.2, 0.25) is 10.0 Å². The van der Waals surface area contributed by atoms with Crippen molar-refractivity contribution in [2.75, 3.05) is 19.7 Å². The van der Waals surface area contributed by atoms with Crippen molar-refractivity contribution in [1.29, 1.82) is 0 Å². The Kier molecular flexibility index (Phi) is 4.74. The normalized spacial score (nSPS) is 15.1. The van der Waals surface area contributed by atoms with Crippen molar-refractivity contribution in [3.8, 4) is 0 Å². The van der Waals surface area contributed by atoms with E-state index in [4.69, 9.17) is 5.11 Å². The van der Waals surface area contributed by atoms with Gasteiger partial charge in [-0.2, -0.15) is 0 Å². The Balaban J connectivity index is 2.09. The molecule has 1 aliphatic rings. The molecular formula is C13H18N2O4S. The molecule has 2 rings (SSSR count). The van der Waals surface area contributed by atoms with Crippen LogP contribution in [0.1, 0.15) is 23.2 Å². The second-order valence-electron chi connectivity index (χ2n) is 4.80. The van der Waals surface area contributed by atoms with E-state index in [2.05, 4.69) is 10.0 Å². The summed E-state index contributed by atoms with van der Waals surface area (Å²) in [7, 11) is -3.57. The fourth-order valence-corrected chi connectivity index (χ4v) is 2.87. The van der Waals surface area contributed by atoms with Gasteiger partial charge >= 0.3 is 0 Å². The number of carbonyl (C=O) groups excluding carboxylic acids is 1. The Morgan fingerprint density at radius 3 is 2.75 bits per heavy atom. The van der Waals surface area contributed by atoms with Gasteiger partial charge in [0.05, 0.1) is 11.5 Å². The minimum Gasteiger partial charge on any atom is -0.395 e. The van der Waals surface area contributed by atoms with Gasteiger partial charge in [-0.1, -0.05) is 6.07 Å². The zero-order chi connectivity index (χ0) is 14.6. The maximum atomic E-state index is 12.1. The van der Waals surface area contributed by atoms with Crippen LogP contribution in [0.5, 0.6) is 0 Å². The van der Waals surface area contributed by atoms with Crippen LogP contribution in [0.3, 0.4) is 0 Å². The topological polar surface area (TPSA) is 95.5 Å². The van der Waals surface area contributed by atoms with E-state index in [1.54, 1.807) is 0 Å². The Morgan fingerprint density at radius 1 is 1.35 bits per heavy atom. The molecule has 0 spiro atoms. The first-order valence-corrected chi connectivity index (χ1v) is 8.00. The first kappa shape index (κ1) is 15.0. The van der Waals surface area contributed by atoms with E-state index in [1.807, 2.05) is 0 Å². The number of sulfonamides is 1. The molecule has 110 valence electrons. The lowest BCUT2D eigenvalue weighted by Gasteiger charge is -2.08. The van der Waals surface area contributed by atoms with Gasteiger partial charge in [0.15, 0.2) is 0 Å². The van der Waals surface area contributed by atoms with E-state index in [0.717, 1.165) is 12.8 Å². The van der Waals surface area contributed by atoms with Gasteiger partial charge < -0.3 is 10.4 Å². The van der Waals surface area contributed by atoms with E-state index in [9.17, 15) is 13.2 Å². The van der Waals surface area contributed by atoms with Gasteiger partial charge in [0, 0.05) is 18.7 Å². The zero-order valence-corrected chi connectivity index (χ0v) is 11.8. The average molecular weight is 298 g/mol. The van der Waals surface area contributed by atoms with Gasteiger partial charge in [-0.25, -0.2) is 13.1 Å². The van der Waals surface area contributed by atoms with Crippen LogP contribution in [0, 0.1) is 5.92 Å². The lowest BCUT2D eigenvalue weighted by molar-refractivity contribution is 0.0944. The van der Waals surface area contributed by atoms with Gasteiger partial charge in [0.25, 0.3) is 5.91 Å². The molecule has 1 saturated carbocycles. The summed E-state index contributed by atoms with van der Waals surface area (Å²) in [4.78, 5) is 11.8. The molecule has 1 fully saturated rings. The smallest absolute Gasteiger partial charge is 0.251 e. The van der Waals surface area contributed by atoms with Crippen molar-refractivity contribution in [2.24, 2.45) is 5.92 Å². The van der Waals surface area contributed by atoms with E-state index in [0.29, 0.717) is 12.5 Å². The number of aliphatic hydroxyl groups is 1. The summed E-state index contributed by atoms with van der Waals surface area (Å²) in [5, 5.41) is 11.1. The van der Waals surface area contributed by atoms with E-state index >= 15 is 0 Å². The summed E-state index contributed by atoms with van der Waals surface area (Å²) in [6.07, 6.45) is 2.12.